The highest BCUT2D eigenvalue weighted by atomic mass is 79.9. The second-order valence-corrected chi connectivity index (χ2v) is 5.58. The number of hydrogen-bond donors (Lipinski definition) is 1. The Hall–Kier alpha value is -1.95. The summed E-state index contributed by atoms with van der Waals surface area (Å²) >= 11 is 3.42. The number of benzene rings is 1. The third-order valence-corrected chi connectivity index (χ3v) is 3.51. The van der Waals surface area contributed by atoms with Gasteiger partial charge in [-0.2, -0.15) is 9.50 Å². The summed E-state index contributed by atoms with van der Waals surface area (Å²) in [6.45, 7) is 4.63. The average molecular weight is 332 g/mol. The van der Waals surface area contributed by atoms with Crippen LogP contribution in [0, 0.1) is 13.8 Å². The van der Waals surface area contributed by atoms with Gasteiger partial charge in [-0.3, -0.25) is 0 Å². The minimum Gasteiger partial charge on any atom is -0.349 e. The van der Waals surface area contributed by atoms with Gasteiger partial charge in [-0.25, -0.2) is 4.98 Å². The van der Waals surface area contributed by atoms with Crippen molar-refractivity contribution in [1.29, 1.82) is 0 Å². The molecule has 0 radical (unpaired) electrons. The normalized spacial score (nSPS) is 10.9. The van der Waals surface area contributed by atoms with Gasteiger partial charge in [-0.15, -0.1) is 5.10 Å². The SMILES string of the molecule is Cc1cc(C)n2nc(NCc3ccc(Br)cc3)nc2n1. The first-order chi connectivity index (χ1) is 9.61. The van der Waals surface area contributed by atoms with Crippen molar-refractivity contribution in [2.75, 3.05) is 5.32 Å². The molecule has 0 atom stereocenters. The van der Waals surface area contributed by atoms with Crippen LogP contribution < -0.4 is 5.32 Å². The molecule has 0 fully saturated rings. The number of aryl methyl sites for hydroxylation is 2. The molecule has 0 aliphatic carbocycles. The molecule has 6 heteroatoms. The summed E-state index contributed by atoms with van der Waals surface area (Å²) in [6.07, 6.45) is 0. The molecule has 0 aliphatic heterocycles. The molecule has 1 aromatic carbocycles. The standard InChI is InChI=1S/C14H14BrN5/c1-9-7-10(2)20-14(17-9)18-13(19-20)16-8-11-3-5-12(15)6-4-11/h3-7H,8H2,1-2H3,(H,16,19). The molecule has 102 valence electrons. The lowest BCUT2D eigenvalue weighted by atomic mass is 10.2. The number of aromatic nitrogens is 4. The zero-order valence-corrected chi connectivity index (χ0v) is 12.8. The number of fused-ring (bicyclic) bond motifs is 1. The number of nitrogens with one attached hydrogen (secondary N) is 1. The van der Waals surface area contributed by atoms with Gasteiger partial charge in [-0.1, -0.05) is 28.1 Å². The van der Waals surface area contributed by atoms with E-state index in [1.54, 1.807) is 4.52 Å². The van der Waals surface area contributed by atoms with Crippen LogP contribution in [0.2, 0.25) is 0 Å². The van der Waals surface area contributed by atoms with Crippen LogP contribution in [0.1, 0.15) is 17.0 Å². The summed E-state index contributed by atoms with van der Waals surface area (Å²) in [6, 6.07) is 10.1. The van der Waals surface area contributed by atoms with Crippen LogP contribution in [0.5, 0.6) is 0 Å². The highest BCUT2D eigenvalue weighted by molar-refractivity contribution is 9.10. The largest absolute Gasteiger partial charge is 0.349 e. The van der Waals surface area contributed by atoms with Crippen LogP contribution in [-0.4, -0.2) is 19.6 Å². The van der Waals surface area contributed by atoms with E-state index in [9.17, 15) is 0 Å². The first kappa shape index (κ1) is 13.1. The Morgan fingerprint density at radius 1 is 1.15 bits per heavy atom. The molecule has 0 bridgehead atoms. The number of rotatable bonds is 3. The smallest absolute Gasteiger partial charge is 0.254 e. The van der Waals surface area contributed by atoms with Crippen molar-refractivity contribution in [3.05, 3.63) is 51.8 Å². The lowest BCUT2D eigenvalue weighted by Crippen LogP contribution is -2.01. The minimum atomic E-state index is 0.592. The van der Waals surface area contributed by atoms with Crippen molar-refractivity contribution in [2.24, 2.45) is 0 Å². The fraction of sp³-hybridized carbons (Fsp3) is 0.214. The Morgan fingerprint density at radius 3 is 2.65 bits per heavy atom. The third kappa shape index (κ3) is 2.65. The van der Waals surface area contributed by atoms with Gasteiger partial charge < -0.3 is 5.32 Å². The Balaban J connectivity index is 1.81. The molecule has 0 spiro atoms. The quantitative estimate of drug-likeness (QED) is 0.801. The first-order valence-corrected chi connectivity index (χ1v) is 7.10. The fourth-order valence-electron chi connectivity index (χ4n) is 2.02. The number of hydrogen-bond acceptors (Lipinski definition) is 4. The Labute approximate surface area is 125 Å². The molecule has 0 aliphatic rings. The Bertz CT molecular complexity index is 748. The van der Waals surface area contributed by atoms with Crippen LogP contribution in [0.25, 0.3) is 5.78 Å². The van der Waals surface area contributed by atoms with E-state index in [1.807, 2.05) is 32.0 Å². The van der Waals surface area contributed by atoms with Gasteiger partial charge in [0.2, 0.25) is 5.95 Å². The molecule has 0 saturated carbocycles. The molecule has 0 amide bonds. The van der Waals surface area contributed by atoms with Gasteiger partial charge >= 0.3 is 0 Å². The van der Waals surface area contributed by atoms with Crippen molar-refractivity contribution in [2.45, 2.75) is 20.4 Å². The van der Waals surface area contributed by atoms with Crippen LogP contribution in [-0.2, 0) is 6.54 Å². The fourth-order valence-corrected chi connectivity index (χ4v) is 2.29. The third-order valence-electron chi connectivity index (χ3n) is 2.98. The molecule has 3 rings (SSSR count). The van der Waals surface area contributed by atoms with E-state index in [0.29, 0.717) is 18.3 Å². The molecule has 0 saturated heterocycles. The number of nitrogens with zero attached hydrogens (tertiary/aromatic N) is 4. The first-order valence-electron chi connectivity index (χ1n) is 6.31. The number of halogens is 1. The van der Waals surface area contributed by atoms with E-state index in [-0.39, 0.29) is 0 Å². The monoisotopic (exact) mass is 331 g/mol. The molecule has 2 heterocycles. The zero-order valence-electron chi connectivity index (χ0n) is 11.3. The maximum Gasteiger partial charge on any atom is 0.254 e. The van der Waals surface area contributed by atoms with Gasteiger partial charge in [-0.05, 0) is 37.6 Å². The van der Waals surface area contributed by atoms with E-state index in [1.165, 1.54) is 5.56 Å². The van der Waals surface area contributed by atoms with Gasteiger partial charge in [0.05, 0.1) is 0 Å². The predicted octanol–water partition coefficient (Wildman–Crippen LogP) is 3.12. The molecule has 5 nitrogen and oxygen atoms in total. The van der Waals surface area contributed by atoms with Gasteiger partial charge in [0, 0.05) is 22.4 Å². The predicted molar refractivity (Wildman–Crippen MR) is 81.7 cm³/mol. The van der Waals surface area contributed by atoms with E-state index < -0.39 is 0 Å². The van der Waals surface area contributed by atoms with Crippen molar-refractivity contribution in [3.63, 3.8) is 0 Å². The van der Waals surface area contributed by atoms with Crippen LogP contribution in [0.3, 0.4) is 0 Å². The summed E-state index contributed by atoms with van der Waals surface area (Å²) < 4.78 is 2.82. The summed E-state index contributed by atoms with van der Waals surface area (Å²) in [5.74, 6) is 1.22. The lowest BCUT2D eigenvalue weighted by molar-refractivity contribution is 0.882. The van der Waals surface area contributed by atoms with Crippen molar-refractivity contribution in [1.82, 2.24) is 19.6 Å². The van der Waals surface area contributed by atoms with Crippen molar-refractivity contribution in [3.8, 4) is 0 Å². The molecule has 3 aromatic rings. The average Bonchev–Trinajstić information content (AvgIpc) is 2.81. The second-order valence-electron chi connectivity index (χ2n) is 4.67. The summed E-state index contributed by atoms with van der Waals surface area (Å²) in [7, 11) is 0. The van der Waals surface area contributed by atoms with Gasteiger partial charge in [0.25, 0.3) is 5.78 Å². The van der Waals surface area contributed by atoms with Gasteiger partial charge in [0.1, 0.15) is 0 Å². The topological polar surface area (TPSA) is 55.1 Å². The van der Waals surface area contributed by atoms with Crippen molar-refractivity contribution < 1.29 is 0 Å². The highest BCUT2D eigenvalue weighted by Crippen LogP contribution is 2.12. The minimum absolute atomic E-state index is 0.592. The highest BCUT2D eigenvalue weighted by Gasteiger charge is 2.07. The van der Waals surface area contributed by atoms with Crippen LogP contribution in [0.4, 0.5) is 5.95 Å². The second kappa shape index (κ2) is 5.20. The van der Waals surface area contributed by atoms with Crippen LogP contribution >= 0.6 is 15.9 Å². The lowest BCUT2D eigenvalue weighted by Gasteiger charge is -2.01. The summed E-state index contributed by atoms with van der Waals surface area (Å²) in [4.78, 5) is 8.75. The van der Waals surface area contributed by atoms with E-state index >= 15 is 0 Å². The molecule has 20 heavy (non-hydrogen) atoms. The van der Waals surface area contributed by atoms with Gasteiger partial charge in [0.15, 0.2) is 0 Å². The molecular formula is C14H14BrN5. The molecule has 1 N–H and O–H groups in total. The molecular weight excluding hydrogens is 318 g/mol. The number of anilines is 1. The maximum atomic E-state index is 4.41. The van der Waals surface area contributed by atoms with E-state index in [2.05, 4.69) is 48.4 Å². The van der Waals surface area contributed by atoms with Crippen molar-refractivity contribution >= 4 is 27.7 Å². The Kier molecular flexibility index (Phi) is 3.40. The summed E-state index contributed by atoms with van der Waals surface area (Å²) in [5, 5.41) is 7.63. The van der Waals surface area contributed by atoms with Crippen LogP contribution in [0.15, 0.2) is 34.8 Å². The maximum absolute atomic E-state index is 4.41. The summed E-state index contributed by atoms with van der Waals surface area (Å²) in [5.41, 5.74) is 3.14. The van der Waals surface area contributed by atoms with E-state index in [4.69, 9.17) is 0 Å². The van der Waals surface area contributed by atoms with E-state index in [0.717, 1.165) is 15.9 Å². The zero-order chi connectivity index (χ0) is 14.1. The molecule has 2 aromatic heterocycles. The Morgan fingerprint density at radius 2 is 1.90 bits per heavy atom. The molecule has 0 unspecified atom stereocenters.